The minimum atomic E-state index is -0.641. The molecular weight excluding hydrogens is 504 g/mol. The zero-order valence-corrected chi connectivity index (χ0v) is 24.1. The largest absolute Gasteiger partial charge is 0.344 e. The average Bonchev–Trinajstić information content (AvgIpc) is 3.33. The Morgan fingerprint density at radius 2 is 1.73 bits per heavy atom. The van der Waals surface area contributed by atoms with Gasteiger partial charge in [-0.15, -0.1) is 0 Å². The third-order valence-electron chi connectivity index (χ3n) is 7.43. The van der Waals surface area contributed by atoms with Gasteiger partial charge in [-0.05, 0) is 49.8 Å². The molecule has 1 aromatic heterocycles. The Hall–Kier alpha value is -4.01. The standard InChI is InChI=1S/C31H40N6O3/c1-21(2)20-27-29-32-23(4)34-37(29)19-18-36(17-11-16-28(38)35(5)22(3)30(39)33-27)31(40)26-15-10-9-14-25(26)24-12-7-6-8-13-24/h6-10,12-15,21-22,27H,11,16-20H2,1-5H3,(H,33,39)/t22-,27+/m0/s1. The number of carbonyl (C=O) groups excluding carboxylic acids is 3. The molecule has 9 heteroatoms. The number of hydrogen-bond donors (Lipinski definition) is 1. The Kier molecular flexibility index (Phi) is 9.34. The van der Waals surface area contributed by atoms with Crippen LogP contribution >= 0.6 is 0 Å². The van der Waals surface area contributed by atoms with Crippen LogP contribution in [0.1, 0.15) is 68.1 Å². The lowest BCUT2D eigenvalue weighted by Gasteiger charge is -2.29. The Morgan fingerprint density at radius 3 is 2.45 bits per heavy atom. The number of amides is 3. The van der Waals surface area contributed by atoms with Gasteiger partial charge in [-0.2, -0.15) is 5.10 Å². The summed E-state index contributed by atoms with van der Waals surface area (Å²) in [5, 5.41) is 7.75. The molecule has 0 aliphatic carbocycles. The summed E-state index contributed by atoms with van der Waals surface area (Å²) in [5.41, 5.74) is 2.46. The molecule has 4 rings (SSSR count). The topological polar surface area (TPSA) is 100 Å². The van der Waals surface area contributed by atoms with E-state index in [1.165, 1.54) is 4.90 Å². The van der Waals surface area contributed by atoms with Crippen LogP contribution in [0.25, 0.3) is 11.1 Å². The van der Waals surface area contributed by atoms with Gasteiger partial charge < -0.3 is 15.1 Å². The second kappa shape index (κ2) is 12.9. The van der Waals surface area contributed by atoms with E-state index in [0.717, 1.165) is 11.1 Å². The highest BCUT2D eigenvalue weighted by atomic mass is 16.2. The molecule has 1 aliphatic heterocycles. The third kappa shape index (κ3) is 6.76. The molecule has 3 amide bonds. The van der Waals surface area contributed by atoms with Crippen molar-refractivity contribution in [3.63, 3.8) is 0 Å². The van der Waals surface area contributed by atoms with Crippen LogP contribution in [0.4, 0.5) is 0 Å². The summed E-state index contributed by atoms with van der Waals surface area (Å²) in [6.45, 7) is 8.96. The van der Waals surface area contributed by atoms with E-state index in [1.807, 2.05) is 66.2 Å². The number of aryl methyl sites for hydroxylation is 1. The van der Waals surface area contributed by atoms with Gasteiger partial charge >= 0.3 is 0 Å². The van der Waals surface area contributed by atoms with E-state index in [2.05, 4.69) is 29.2 Å². The molecule has 9 nitrogen and oxygen atoms in total. The van der Waals surface area contributed by atoms with E-state index in [0.29, 0.717) is 49.7 Å². The van der Waals surface area contributed by atoms with E-state index in [1.54, 1.807) is 18.9 Å². The monoisotopic (exact) mass is 544 g/mol. The van der Waals surface area contributed by atoms with E-state index >= 15 is 0 Å². The number of hydrogen-bond acceptors (Lipinski definition) is 5. The molecule has 0 spiro atoms. The fourth-order valence-corrected chi connectivity index (χ4v) is 5.12. The molecule has 0 bridgehead atoms. The van der Waals surface area contributed by atoms with Crippen LogP contribution in [0, 0.1) is 12.8 Å². The van der Waals surface area contributed by atoms with E-state index in [9.17, 15) is 14.4 Å². The molecule has 1 N–H and O–H groups in total. The SMILES string of the molecule is Cc1nc2n(n1)CCN(C(=O)c1ccccc1-c1ccccc1)CCCC(=O)N(C)[C@@H](C)C(=O)N[C@@H]2CC(C)C. The fraction of sp³-hybridized carbons (Fsp3) is 0.452. The highest BCUT2D eigenvalue weighted by Crippen LogP contribution is 2.26. The minimum absolute atomic E-state index is 0.0915. The second-order valence-electron chi connectivity index (χ2n) is 10.9. The Balaban J connectivity index is 1.70. The Bertz CT molecular complexity index is 1340. The summed E-state index contributed by atoms with van der Waals surface area (Å²) in [7, 11) is 1.65. The lowest BCUT2D eigenvalue weighted by molar-refractivity contribution is -0.138. The number of benzene rings is 2. The number of fused-ring (bicyclic) bond motifs is 1. The first-order valence-corrected chi connectivity index (χ1v) is 14.1. The first-order valence-electron chi connectivity index (χ1n) is 14.1. The molecule has 0 fully saturated rings. The van der Waals surface area contributed by atoms with Crippen LogP contribution in [0.3, 0.4) is 0 Å². The van der Waals surface area contributed by atoms with Crippen molar-refractivity contribution >= 4 is 17.7 Å². The summed E-state index contributed by atoms with van der Waals surface area (Å²) in [5.74, 6) is 1.11. The molecule has 0 radical (unpaired) electrons. The summed E-state index contributed by atoms with van der Waals surface area (Å²) in [4.78, 5) is 48.2. The maximum absolute atomic E-state index is 14.0. The first kappa shape index (κ1) is 29.0. The third-order valence-corrected chi connectivity index (χ3v) is 7.43. The van der Waals surface area contributed by atoms with Crippen LogP contribution in [0.15, 0.2) is 54.6 Å². The summed E-state index contributed by atoms with van der Waals surface area (Å²) in [6.07, 6.45) is 1.39. The number of nitrogens with zero attached hydrogens (tertiary/aromatic N) is 5. The van der Waals surface area contributed by atoms with Crippen molar-refractivity contribution < 1.29 is 14.4 Å². The lowest BCUT2D eigenvalue weighted by Crippen LogP contribution is -2.47. The van der Waals surface area contributed by atoms with Gasteiger partial charge in [0.1, 0.15) is 17.7 Å². The minimum Gasteiger partial charge on any atom is -0.344 e. The molecule has 212 valence electrons. The predicted molar refractivity (Wildman–Crippen MR) is 154 cm³/mol. The smallest absolute Gasteiger partial charge is 0.254 e. The van der Waals surface area contributed by atoms with Gasteiger partial charge in [-0.1, -0.05) is 62.4 Å². The van der Waals surface area contributed by atoms with Gasteiger partial charge in [-0.3, -0.25) is 14.4 Å². The van der Waals surface area contributed by atoms with Gasteiger partial charge in [-0.25, -0.2) is 9.67 Å². The van der Waals surface area contributed by atoms with Crippen molar-refractivity contribution in [2.24, 2.45) is 5.92 Å². The molecule has 2 aromatic carbocycles. The molecule has 40 heavy (non-hydrogen) atoms. The summed E-state index contributed by atoms with van der Waals surface area (Å²) >= 11 is 0. The molecule has 1 aliphatic rings. The van der Waals surface area contributed by atoms with Crippen molar-refractivity contribution in [2.75, 3.05) is 20.1 Å². The quantitative estimate of drug-likeness (QED) is 0.530. The van der Waals surface area contributed by atoms with Crippen molar-refractivity contribution in [3.05, 3.63) is 71.8 Å². The van der Waals surface area contributed by atoms with Crippen molar-refractivity contribution in [2.45, 2.75) is 65.6 Å². The average molecular weight is 545 g/mol. The van der Waals surface area contributed by atoms with Gasteiger partial charge in [0.2, 0.25) is 11.8 Å². The number of carbonyl (C=O) groups is 3. The van der Waals surface area contributed by atoms with Gasteiger partial charge in [0, 0.05) is 32.1 Å². The summed E-state index contributed by atoms with van der Waals surface area (Å²) in [6, 6.07) is 16.5. The normalized spacial score (nSPS) is 19.2. The van der Waals surface area contributed by atoms with E-state index in [-0.39, 0.29) is 36.1 Å². The van der Waals surface area contributed by atoms with Gasteiger partial charge in [0.05, 0.1) is 12.6 Å². The zero-order chi connectivity index (χ0) is 28.8. The van der Waals surface area contributed by atoms with Crippen LogP contribution in [0.5, 0.6) is 0 Å². The second-order valence-corrected chi connectivity index (χ2v) is 10.9. The lowest BCUT2D eigenvalue weighted by atomic mass is 9.98. The molecule has 2 atom stereocenters. The maximum atomic E-state index is 14.0. The highest BCUT2D eigenvalue weighted by molar-refractivity contribution is 6.01. The molecule has 0 saturated carbocycles. The molecule has 0 saturated heterocycles. The van der Waals surface area contributed by atoms with Crippen LogP contribution in [-0.4, -0.2) is 68.5 Å². The van der Waals surface area contributed by atoms with E-state index < -0.39 is 6.04 Å². The maximum Gasteiger partial charge on any atom is 0.254 e. The predicted octanol–water partition coefficient (Wildman–Crippen LogP) is 4.24. The first-order chi connectivity index (χ1) is 19.2. The molecule has 0 unspecified atom stereocenters. The van der Waals surface area contributed by atoms with Crippen molar-refractivity contribution in [1.29, 1.82) is 0 Å². The zero-order valence-electron chi connectivity index (χ0n) is 24.1. The Labute approximate surface area is 236 Å². The van der Waals surface area contributed by atoms with Crippen molar-refractivity contribution in [3.8, 4) is 11.1 Å². The van der Waals surface area contributed by atoms with Crippen LogP contribution in [0.2, 0.25) is 0 Å². The number of likely N-dealkylation sites (N-methyl/N-ethyl adjacent to an activating group) is 1. The number of nitrogens with one attached hydrogen (secondary N) is 1. The number of aromatic nitrogens is 3. The van der Waals surface area contributed by atoms with Crippen LogP contribution < -0.4 is 5.32 Å². The molecule has 2 heterocycles. The highest BCUT2D eigenvalue weighted by Gasteiger charge is 2.29. The van der Waals surface area contributed by atoms with Gasteiger partial charge in [0.15, 0.2) is 0 Å². The van der Waals surface area contributed by atoms with Crippen LogP contribution in [-0.2, 0) is 16.1 Å². The summed E-state index contributed by atoms with van der Waals surface area (Å²) < 4.78 is 1.82. The fourth-order valence-electron chi connectivity index (χ4n) is 5.12. The van der Waals surface area contributed by atoms with Gasteiger partial charge in [0.25, 0.3) is 5.91 Å². The molecular formula is C31H40N6O3. The van der Waals surface area contributed by atoms with Crippen molar-refractivity contribution in [1.82, 2.24) is 29.9 Å². The number of rotatable bonds is 4. The molecule has 3 aromatic rings. The van der Waals surface area contributed by atoms with E-state index in [4.69, 9.17) is 0 Å². The Morgan fingerprint density at radius 1 is 1.02 bits per heavy atom.